The van der Waals surface area contributed by atoms with Crippen molar-refractivity contribution in [1.82, 2.24) is 4.57 Å². The fourth-order valence-corrected chi connectivity index (χ4v) is 4.80. The molecule has 1 aliphatic carbocycles. The van der Waals surface area contributed by atoms with E-state index in [1.165, 1.54) is 38.3 Å². The summed E-state index contributed by atoms with van der Waals surface area (Å²) in [6.45, 7) is 0. The van der Waals surface area contributed by atoms with Gasteiger partial charge in [0.15, 0.2) is 12.4 Å². The number of ether oxygens (including phenoxy) is 1. The number of aromatic nitrogens is 1. The van der Waals surface area contributed by atoms with Crippen LogP contribution in [0.2, 0.25) is 0 Å². The minimum atomic E-state index is -3.15. The van der Waals surface area contributed by atoms with Crippen LogP contribution in [0.4, 0.5) is 0 Å². The van der Waals surface area contributed by atoms with Crippen LogP contribution in [0, 0.1) is 0 Å². The van der Waals surface area contributed by atoms with Crippen molar-refractivity contribution in [2.24, 2.45) is 0 Å². The molecule has 7 N–H and O–H groups in total. The molecule has 2 heterocycles. The molecule has 172 valence electrons. The molecule has 5 atom stereocenters. The first kappa shape index (κ1) is 24.4. The first-order valence-corrected chi connectivity index (χ1v) is 11.1. The number of nitrogens with zero attached hydrogens (tertiary/aromatic N) is 1. The maximum absolute atomic E-state index is 11.4. The van der Waals surface area contributed by atoms with E-state index < -0.39 is 33.7 Å². The van der Waals surface area contributed by atoms with Gasteiger partial charge in [0.05, 0.1) is 17.5 Å². The number of rotatable bonds is 2. The monoisotopic (exact) mass is 520 g/mol. The topological polar surface area (TPSA) is 163 Å². The van der Waals surface area contributed by atoms with Gasteiger partial charge in [-0.15, -0.1) is 0 Å². The number of hydrogen-bond acceptors (Lipinski definition) is 7. The molecule has 2 fully saturated rings. The Morgan fingerprint density at radius 3 is 2.35 bits per heavy atom. The van der Waals surface area contributed by atoms with Crippen molar-refractivity contribution in [1.29, 1.82) is 0 Å². The van der Waals surface area contributed by atoms with Gasteiger partial charge in [-0.3, -0.25) is 0 Å². The second-order valence-corrected chi connectivity index (χ2v) is 9.60. The predicted octanol–water partition coefficient (Wildman–Crippen LogP) is -0.675. The van der Waals surface area contributed by atoms with Crippen LogP contribution in [0.15, 0.2) is 36.5 Å². The van der Waals surface area contributed by atoms with Crippen LogP contribution in [-0.4, -0.2) is 59.0 Å². The summed E-state index contributed by atoms with van der Waals surface area (Å²) in [5, 5.41) is 50.7. The molecule has 0 radical (unpaired) electrons. The van der Waals surface area contributed by atoms with Crippen molar-refractivity contribution in [3.8, 4) is 0 Å². The molecule has 0 amide bonds. The molecule has 1 saturated carbocycles. The molecule has 2 aromatic rings. The number of aliphatic carboxylic acids is 1. The SMILES string of the molecule is O=C([O-])[C@@]1(Br)O[C@@H](O)[C@H](O)[C@](O)(n2ccc3ccccc32)[C@@]1(O)Cl.[NH3+]C1CCCCC1. The summed E-state index contributed by atoms with van der Waals surface area (Å²) in [6.07, 6.45) is 3.96. The van der Waals surface area contributed by atoms with Gasteiger partial charge in [-0.2, -0.15) is 0 Å². The Kier molecular flexibility index (Phi) is 7.05. The standard InChI is InChI=1S/C14H13BrClNO7.C6H13N/c15-12(11(20)21)14(16,23)13(22,9(18)10(19)24-12)17-6-5-7-3-1-2-4-8(7)17;7-6-4-2-1-3-5-6/h1-6,9-10,18-19,22-23H,(H,20,21);6H,1-5,7H2/t9-,10+,12+,13+,14+;/m0./s1. The maximum atomic E-state index is 11.4. The quantitative estimate of drug-likeness (QED) is 0.327. The Morgan fingerprint density at radius 1 is 1.19 bits per heavy atom. The Morgan fingerprint density at radius 2 is 1.81 bits per heavy atom. The number of hydrogen-bond donors (Lipinski definition) is 5. The number of aliphatic hydroxyl groups excluding tert-OH is 2. The number of aliphatic hydroxyl groups is 4. The van der Waals surface area contributed by atoms with Crippen molar-refractivity contribution in [3.63, 3.8) is 0 Å². The molecule has 0 spiro atoms. The van der Waals surface area contributed by atoms with Gasteiger partial charge in [-0.25, -0.2) is 0 Å². The first-order valence-electron chi connectivity index (χ1n) is 9.94. The number of benzene rings is 1. The van der Waals surface area contributed by atoms with E-state index in [9.17, 15) is 30.3 Å². The molecule has 4 rings (SSSR count). The summed E-state index contributed by atoms with van der Waals surface area (Å²) in [4.78, 5) is 11.4. The predicted molar refractivity (Wildman–Crippen MR) is 112 cm³/mol. The Balaban J connectivity index is 0.000000330. The van der Waals surface area contributed by atoms with Crippen LogP contribution in [0.1, 0.15) is 32.1 Å². The normalized spacial score (nSPS) is 36.6. The van der Waals surface area contributed by atoms with Gasteiger partial charge in [0.1, 0.15) is 0 Å². The van der Waals surface area contributed by atoms with Crippen molar-refractivity contribution in [3.05, 3.63) is 36.5 Å². The van der Waals surface area contributed by atoms with E-state index in [2.05, 4.69) is 26.4 Å². The van der Waals surface area contributed by atoms with E-state index in [1.54, 1.807) is 30.3 Å². The number of para-hydroxylation sites is 1. The number of halogens is 2. The number of carboxylic acids is 1. The fraction of sp³-hybridized carbons (Fsp3) is 0.550. The number of alkyl halides is 2. The zero-order valence-electron chi connectivity index (χ0n) is 16.7. The summed E-state index contributed by atoms with van der Waals surface area (Å²) in [5.74, 6) is -2.05. The van der Waals surface area contributed by atoms with E-state index in [1.807, 2.05) is 0 Å². The third-order valence-corrected chi connectivity index (χ3v) is 7.69. The lowest BCUT2D eigenvalue weighted by molar-refractivity contribution is -0.425. The number of quaternary nitrogens is 1. The molecule has 1 saturated heterocycles. The molecule has 0 unspecified atom stereocenters. The number of carboxylic acid groups (broad SMARTS) is 1. The first-order chi connectivity index (χ1) is 14.5. The summed E-state index contributed by atoms with van der Waals surface area (Å²) in [6, 6.07) is 8.90. The molecule has 1 aromatic heterocycles. The summed E-state index contributed by atoms with van der Waals surface area (Å²) >= 11 is 8.52. The van der Waals surface area contributed by atoms with Crippen LogP contribution in [0.25, 0.3) is 10.9 Å². The lowest BCUT2D eigenvalue weighted by Crippen LogP contribution is -2.78. The highest BCUT2D eigenvalue weighted by Crippen LogP contribution is 2.53. The third kappa shape index (κ3) is 4.00. The fourth-order valence-electron chi connectivity index (χ4n) is 3.99. The Hall–Kier alpha value is -1.24. The minimum absolute atomic E-state index is 0.320. The molecule has 0 bridgehead atoms. The summed E-state index contributed by atoms with van der Waals surface area (Å²) in [5.41, 5.74) is 1.44. The van der Waals surface area contributed by atoms with Crippen LogP contribution in [-0.2, 0) is 15.3 Å². The second-order valence-electron chi connectivity index (χ2n) is 7.93. The van der Waals surface area contributed by atoms with Gasteiger partial charge in [-0.1, -0.05) is 36.2 Å². The maximum Gasteiger partial charge on any atom is 0.234 e. The van der Waals surface area contributed by atoms with E-state index in [0.717, 1.165) is 10.6 Å². The third-order valence-electron chi connectivity index (χ3n) is 5.83. The molecular formula is C20H26BrClN2O7. The largest absolute Gasteiger partial charge is 0.546 e. The second kappa shape index (κ2) is 8.95. The minimum Gasteiger partial charge on any atom is -0.546 e. The Labute approximate surface area is 192 Å². The highest BCUT2D eigenvalue weighted by Gasteiger charge is 2.72. The molecule has 31 heavy (non-hydrogen) atoms. The number of fused-ring (bicyclic) bond motifs is 1. The van der Waals surface area contributed by atoms with Crippen molar-refractivity contribution >= 4 is 44.4 Å². The summed E-state index contributed by atoms with van der Waals surface area (Å²) in [7, 11) is 0. The van der Waals surface area contributed by atoms with E-state index >= 15 is 0 Å². The van der Waals surface area contributed by atoms with Gasteiger partial charge in [0, 0.05) is 6.20 Å². The van der Waals surface area contributed by atoms with Crippen molar-refractivity contribution < 1.29 is 40.8 Å². The summed E-state index contributed by atoms with van der Waals surface area (Å²) < 4.78 is 2.73. The smallest absolute Gasteiger partial charge is 0.234 e. The van der Waals surface area contributed by atoms with Gasteiger partial charge in [0.2, 0.25) is 15.3 Å². The van der Waals surface area contributed by atoms with E-state index in [-0.39, 0.29) is 0 Å². The van der Waals surface area contributed by atoms with Gasteiger partial charge in [-0.05, 0) is 59.1 Å². The van der Waals surface area contributed by atoms with E-state index in [0.29, 0.717) is 10.9 Å². The Bertz CT molecular complexity index is 935. The van der Waals surface area contributed by atoms with Crippen molar-refractivity contribution in [2.75, 3.05) is 0 Å². The van der Waals surface area contributed by atoms with Crippen LogP contribution < -0.4 is 10.8 Å². The number of carbonyl (C=O) groups excluding carboxylic acids is 1. The highest BCUT2D eigenvalue weighted by atomic mass is 79.9. The number of carbonyl (C=O) groups is 1. The highest BCUT2D eigenvalue weighted by molar-refractivity contribution is 9.10. The lowest BCUT2D eigenvalue weighted by atomic mass is 9.90. The van der Waals surface area contributed by atoms with E-state index in [4.69, 9.17) is 11.6 Å². The molecule has 1 aromatic carbocycles. The van der Waals surface area contributed by atoms with Crippen LogP contribution in [0.5, 0.6) is 0 Å². The van der Waals surface area contributed by atoms with Gasteiger partial charge >= 0.3 is 0 Å². The van der Waals surface area contributed by atoms with Gasteiger partial charge in [0.25, 0.3) is 0 Å². The zero-order chi connectivity index (χ0) is 23.0. The molecule has 1 aliphatic heterocycles. The zero-order valence-corrected chi connectivity index (χ0v) is 19.0. The molecule has 11 heteroatoms. The molecular weight excluding hydrogens is 496 g/mol. The van der Waals surface area contributed by atoms with Gasteiger partial charge < -0.3 is 45.4 Å². The average Bonchev–Trinajstić information content (AvgIpc) is 3.17. The lowest BCUT2D eigenvalue weighted by Gasteiger charge is -2.55. The van der Waals surface area contributed by atoms with Crippen LogP contribution in [0.3, 0.4) is 0 Å². The average molecular weight is 522 g/mol. The molecule has 9 nitrogen and oxygen atoms in total. The van der Waals surface area contributed by atoms with Crippen LogP contribution >= 0.6 is 27.5 Å². The molecule has 2 aliphatic rings. The van der Waals surface area contributed by atoms with Crippen molar-refractivity contribution in [2.45, 2.75) is 65.8 Å².